The molecule has 0 spiro atoms. The summed E-state index contributed by atoms with van der Waals surface area (Å²) in [6.07, 6.45) is 1.16. The molecular weight excluding hydrogens is 450 g/mol. The van der Waals surface area contributed by atoms with Crippen LogP contribution in [0.5, 0.6) is 17.2 Å². The van der Waals surface area contributed by atoms with Gasteiger partial charge < -0.3 is 14.2 Å². The highest BCUT2D eigenvalue weighted by molar-refractivity contribution is 6.31. The predicted octanol–water partition coefficient (Wildman–Crippen LogP) is 4.61. The molecule has 170 valence electrons. The zero-order valence-corrected chi connectivity index (χ0v) is 18.5. The van der Waals surface area contributed by atoms with Crippen molar-refractivity contribution >= 4 is 29.4 Å². The predicted molar refractivity (Wildman–Crippen MR) is 123 cm³/mol. The molecule has 0 saturated carbocycles. The van der Waals surface area contributed by atoms with E-state index in [0.29, 0.717) is 10.8 Å². The van der Waals surface area contributed by atoms with Crippen LogP contribution in [0.4, 0.5) is 5.69 Å². The zero-order chi connectivity index (χ0) is 23.8. The molecule has 0 aliphatic rings. The molecule has 0 heterocycles. The summed E-state index contributed by atoms with van der Waals surface area (Å²) < 4.78 is 16.0. The number of carbonyl (C=O) groups is 1. The Bertz CT molecular complexity index is 1200. The lowest BCUT2D eigenvalue weighted by Crippen LogP contribution is -2.18. The topological polar surface area (TPSA) is 112 Å². The largest absolute Gasteiger partial charge is 0.493 e. The zero-order valence-electron chi connectivity index (χ0n) is 17.8. The van der Waals surface area contributed by atoms with Gasteiger partial charge in [-0.25, -0.2) is 5.43 Å². The molecule has 10 heteroatoms. The number of nitro benzene ring substituents is 1. The van der Waals surface area contributed by atoms with E-state index in [4.69, 9.17) is 25.8 Å². The van der Waals surface area contributed by atoms with Gasteiger partial charge >= 0.3 is 0 Å². The van der Waals surface area contributed by atoms with E-state index >= 15 is 0 Å². The van der Waals surface area contributed by atoms with Crippen molar-refractivity contribution in [3.05, 3.63) is 92.5 Å². The summed E-state index contributed by atoms with van der Waals surface area (Å²) >= 11 is 6.15. The summed E-state index contributed by atoms with van der Waals surface area (Å²) in [5.41, 5.74) is 3.24. The van der Waals surface area contributed by atoms with Crippen LogP contribution in [0.25, 0.3) is 0 Å². The highest BCUT2D eigenvalue weighted by atomic mass is 35.5. The summed E-state index contributed by atoms with van der Waals surface area (Å²) in [6.45, 7) is 0.172. The number of hydrogen-bond donors (Lipinski definition) is 1. The molecule has 0 bridgehead atoms. The smallest absolute Gasteiger partial charge is 0.282 e. The molecule has 0 saturated heterocycles. The third-order valence-electron chi connectivity index (χ3n) is 4.57. The standard InChI is InChI=1S/C23H20ClN3O6/c1-31-21-11-16(19(27(29)30)12-22(21)32-2)13-25-26-23(28)17-8-4-6-10-20(17)33-14-15-7-3-5-9-18(15)24/h3-13H,14H2,1-2H3,(H,26,28)/b25-13+. The van der Waals surface area contributed by atoms with Gasteiger partial charge in [-0.1, -0.05) is 41.9 Å². The van der Waals surface area contributed by atoms with Gasteiger partial charge in [-0.2, -0.15) is 5.10 Å². The van der Waals surface area contributed by atoms with Crippen molar-refractivity contribution in [2.45, 2.75) is 6.61 Å². The summed E-state index contributed by atoms with van der Waals surface area (Å²) in [6, 6.07) is 16.5. The van der Waals surface area contributed by atoms with Crippen molar-refractivity contribution in [2.24, 2.45) is 5.10 Å². The number of amides is 1. The van der Waals surface area contributed by atoms with E-state index in [2.05, 4.69) is 10.5 Å². The van der Waals surface area contributed by atoms with E-state index in [-0.39, 0.29) is 34.9 Å². The molecule has 3 aromatic rings. The van der Waals surface area contributed by atoms with Crippen molar-refractivity contribution in [1.29, 1.82) is 0 Å². The molecular formula is C23H20ClN3O6. The van der Waals surface area contributed by atoms with Gasteiger partial charge in [-0.15, -0.1) is 0 Å². The maximum absolute atomic E-state index is 12.7. The summed E-state index contributed by atoms with van der Waals surface area (Å²) in [4.78, 5) is 23.5. The van der Waals surface area contributed by atoms with E-state index in [9.17, 15) is 14.9 Å². The molecule has 3 aromatic carbocycles. The van der Waals surface area contributed by atoms with Crippen molar-refractivity contribution < 1.29 is 23.9 Å². The van der Waals surface area contributed by atoms with E-state index in [1.165, 1.54) is 26.4 Å². The molecule has 33 heavy (non-hydrogen) atoms. The number of nitro groups is 1. The average Bonchev–Trinajstić information content (AvgIpc) is 2.83. The molecule has 0 radical (unpaired) electrons. The number of nitrogens with zero attached hydrogens (tertiary/aromatic N) is 2. The number of benzene rings is 3. The quantitative estimate of drug-likeness (QED) is 0.278. The van der Waals surface area contributed by atoms with Gasteiger partial charge in [0.05, 0.1) is 42.6 Å². The molecule has 1 N–H and O–H groups in total. The number of halogens is 1. The van der Waals surface area contributed by atoms with Gasteiger partial charge in [0.15, 0.2) is 11.5 Å². The summed E-state index contributed by atoms with van der Waals surface area (Å²) in [5, 5.41) is 15.8. The molecule has 3 rings (SSSR count). The van der Waals surface area contributed by atoms with Gasteiger partial charge in [0.2, 0.25) is 0 Å². The minimum Gasteiger partial charge on any atom is -0.493 e. The van der Waals surface area contributed by atoms with Gasteiger partial charge in [0.1, 0.15) is 12.4 Å². The number of carbonyl (C=O) groups excluding carboxylic acids is 1. The number of para-hydroxylation sites is 1. The highest BCUT2D eigenvalue weighted by Crippen LogP contribution is 2.33. The van der Waals surface area contributed by atoms with Crippen LogP contribution in [0, 0.1) is 10.1 Å². The fourth-order valence-electron chi connectivity index (χ4n) is 2.92. The number of nitrogens with one attached hydrogen (secondary N) is 1. The lowest BCUT2D eigenvalue weighted by Gasteiger charge is -2.11. The van der Waals surface area contributed by atoms with Crippen LogP contribution in [-0.4, -0.2) is 31.3 Å². The van der Waals surface area contributed by atoms with Crippen LogP contribution < -0.4 is 19.6 Å². The van der Waals surface area contributed by atoms with Gasteiger partial charge in [-0.05, 0) is 24.3 Å². The van der Waals surface area contributed by atoms with Crippen LogP contribution >= 0.6 is 11.6 Å². The Kier molecular flexibility index (Phi) is 7.82. The molecule has 0 aliphatic heterocycles. The maximum Gasteiger partial charge on any atom is 0.282 e. The minimum absolute atomic E-state index is 0.126. The number of rotatable bonds is 9. The number of methoxy groups -OCH3 is 2. The summed E-state index contributed by atoms with van der Waals surface area (Å²) in [5.74, 6) is 0.274. The van der Waals surface area contributed by atoms with Crippen molar-refractivity contribution in [3.8, 4) is 17.2 Å². The molecule has 0 aromatic heterocycles. The average molecular weight is 470 g/mol. The Balaban J connectivity index is 1.76. The minimum atomic E-state index is -0.580. The van der Waals surface area contributed by atoms with E-state index < -0.39 is 10.8 Å². The second-order valence-corrected chi connectivity index (χ2v) is 7.01. The Hall–Kier alpha value is -4.11. The third kappa shape index (κ3) is 5.78. The van der Waals surface area contributed by atoms with Crippen molar-refractivity contribution in [1.82, 2.24) is 5.43 Å². The van der Waals surface area contributed by atoms with Gasteiger partial charge in [-0.3, -0.25) is 14.9 Å². The second-order valence-electron chi connectivity index (χ2n) is 6.60. The Morgan fingerprint density at radius 3 is 2.42 bits per heavy atom. The molecule has 0 fully saturated rings. The second kappa shape index (κ2) is 11.0. The first-order valence-electron chi connectivity index (χ1n) is 9.63. The monoisotopic (exact) mass is 469 g/mol. The van der Waals surface area contributed by atoms with E-state index in [1.807, 2.05) is 18.2 Å². The third-order valence-corrected chi connectivity index (χ3v) is 4.94. The number of hydrazone groups is 1. The van der Waals surface area contributed by atoms with E-state index in [0.717, 1.165) is 11.8 Å². The lowest BCUT2D eigenvalue weighted by atomic mass is 10.1. The normalized spacial score (nSPS) is 10.6. The SMILES string of the molecule is COc1cc(/C=N/NC(=O)c2ccccc2OCc2ccccc2Cl)c([N+](=O)[O-])cc1OC. The fourth-order valence-corrected chi connectivity index (χ4v) is 3.11. The summed E-state index contributed by atoms with van der Waals surface area (Å²) in [7, 11) is 2.78. The first kappa shape index (κ1) is 23.6. The molecule has 1 amide bonds. The van der Waals surface area contributed by atoms with Crippen LogP contribution in [0.3, 0.4) is 0 Å². The van der Waals surface area contributed by atoms with Crippen LogP contribution in [-0.2, 0) is 6.61 Å². The Labute approximate surface area is 194 Å². The first-order chi connectivity index (χ1) is 15.9. The molecule has 0 atom stereocenters. The first-order valence-corrected chi connectivity index (χ1v) is 10.0. The molecule has 0 unspecified atom stereocenters. The lowest BCUT2D eigenvalue weighted by molar-refractivity contribution is -0.385. The van der Waals surface area contributed by atoms with Gasteiger partial charge in [0.25, 0.3) is 11.6 Å². The Morgan fingerprint density at radius 1 is 1.06 bits per heavy atom. The van der Waals surface area contributed by atoms with Crippen molar-refractivity contribution in [2.75, 3.05) is 14.2 Å². The van der Waals surface area contributed by atoms with Crippen LogP contribution in [0.1, 0.15) is 21.5 Å². The maximum atomic E-state index is 12.7. The number of ether oxygens (including phenoxy) is 3. The van der Waals surface area contributed by atoms with Crippen LogP contribution in [0.15, 0.2) is 65.8 Å². The van der Waals surface area contributed by atoms with Gasteiger partial charge in [0, 0.05) is 10.6 Å². The van der Waals surface area contributed by atoms with Crippen molar-refractivity contribution in [3.63, 3.8) is 0 Å². The highest BCUT2D eigenvalue weighted by Gasteiger charge is 2.19. The molecule has 0 aliphatic carbocycles. The van der Waals surface area contributed by atoms with Crippen LogP contribution in [0.2, 0.25) is 5.02 Å². The number of hydrogen-bond acceptors (Lipinski definition) is 7. The fraction of sp³-hybridized carbons (Fsp3) is 0.130. The Morgan fingerprint density at radius 2 is 1.73 bits per heavy atom. The molecule has 9 nitrogen and oxygen atoms in total. The van der Waals surface area contributed by atoms with E-state index in [1.54, 1.807) is 30.3 Å².